The van der Waals surface area contributed by atoms with Gasteiger partial charge in [-0.2, -0.15) is 5.10 Å². The topological polar surface area (TPSA) is 73.6 Å². The Labute approximate surface area is 138 Å². The maximum atomic E-state index is 12.4. The first-order chi connectivity index (χ1) is 11.0. The van der Waals surface area contributed by atoms with Crippen molar-refractivity contribution in [3.05, 3.63) is 18.0 Å². The lowest BCUT2D eigenvalue weighted by atomic mass is 9.80. The van der Waals surface area contributed by atoms with Crippen LogP contribution in [0.2, 0.25) is 0 Å². The Kier molecular flexibility index (Phi) is 6.01. The van der Waals surface area contributed by atoms with Gasteiger partial charge in [-0.1, -0.05) is 0 Å². The fourth-order valence-corrected chi connectivity index (χ4v) is 3.32. The molecular formula is C16H29N5O2. The number of urea groups is 1. The van der Waals surface area contributed by atoms with Crippen molar-refractivity contribution in [3.8, 4) is 0 Å². The second kappa shape index (κ2) is 7.79. The lowest BCUT2D eigenvalue weighted by Crippen LogP contribution is -2.54. The number of aryl methyl sites for hydroxylation is 1. The summed E-state index contributed by atoms with van der Waals surface area (Å²) in [6.07, 6.45) is 5.61. The normalized spacial score (nSPS) is 21.7. The number of carbonyl (C=O) groups is 1. The number of hydrogen-bond acceptors (Lipinski definition) is 4. The van der Waals surface area contributed by atoms with Gasteiger partial charge in [-0.25, -0.2) is 4.79 Å². The van der Waals surface area contributed by atoms with Gasteiger partial charge in [-0.15, -0.1) is 0 Å². The molecule has 2 heterocycles. The zero-order chi connectivity index (χ0) is 16.9. The highest BCUT2D eigenvalue weighted by atomic mass is 16.3. The second-order valence-corrected chi connectivity index (χ2v) is 6.78. The van der Waals surface area contributed by atoms with Crippen LogP contribution in [0.25, 0.3) is 0 Å². The third-order valence-corrected chi connectivity index (χ3v) is 4.39. The Morgan fingerprint density at radius 2 is 2.30 bits per heavy atom. The van der Waals surface area contributed by atoms with Gasteiger partial charge in [0.25, 0.3) is 0 Å². The quantitative estimate of drug-likeness (QED) is 0.810. The second-order valence-electron chi connectivity index (χ2n) is 6.78. The van der Waals surface area contributed by atoms with Crippen LogP contribution in [0.15, 0.2) is 12.4 Å². The van der Waals surface area contributed by atoms with E-state index in [2.05, 4.69) is 15.3 Å². The Hall–Kier alpha value is -1.60. The fraction of sp³-hybridized carbons (Fsp3) is 0.750. The first-order valence-electron chi connectivity index (χ1n) is 8.28. The molecule has 1 saturated heterocycles. The molecule has 0 radical (unpaired) electrons. The Bertz CT molecular complexity index is 516. The molecule has 1 aliphatic heterocycles. The zero-order valence-corrected chi connectivity index (χ0v) is 14.5. The first kappa shape index (κ1) is 17.7. The van der Waals surface area contributed by atoms with E-state index in [4.69, 9.17) is 0 Å². The smallest absolute Gasteiger partial charge is 0.317 e. The summed E-state index contributed by atoms with van der Waals surface area (Å²) < 4.78 is 1.84. The van der Waals surface area contributed by atoms with Gasteiger partial charge in [0.1, 0.15) is 0 Å². The number of nitrogens with one attached hydrogen (secondary N) is 1. The number of aromatic nitrogens is 2. The molecule has 130 valence electrons. The molecule has 1 aromatic heterocycles. The van der Waals surface area contributed by atoms with Crippen LogP contribution < -0.4 is 5.32 Å². The van der Waals surface area contributed by atoms with Crippen LogP contribution in [0.3, 0.4) is 0 Å². The van der Waals surface area contributed by atoms with Crippen molar-refractivity contribution in [1.29, 1.82) is 0 Å². The molecule has 1 fully saturated rings. The van der Waals surface area contributed by atoms with E-state index >= 15 is 0 Å². The molecule has 0 spiro atoms. The molecule has 0 aliphatic carbocycles. The monoisotopic (exact) mass is 323 g/mol. The van der Waals surface area contributed by atoms with Crippen molar-refractivity contribution in [2.24, 2.45) is 5.41 Å². The minimum absolute atomic E-state index is 0.0643. The van der Waals surface area contributed by atoms with Crippen LogP contribution >= 0.6 is 0 Å². The van der Waals surface area contributed by atoms with Gasteiger partial charge in [0.15, 0.2) is 0 Å². The number of aliphatic hydroxyl groups is 1. The molecule has 2 rings (SSSR count). The van der Waals surface area contributed by atoms with Gasteiger partial charge in [0.2, 0.25) is 0 Å². The van der Waals surface area contributed by atoms with Gasteiger partial charge >= 0.3 is 6.03 Å². The number of nitrogens with zero attached hydrogens (tertiary/aromatic N) is 4. The fourth-order valence-electron chi connectivity index (χ4n) is 3.32. The van der Waals surface area contributed by atoms with Crippen LogP contribution in [0.1, 0.15) is 25.3 Å². The van der Waals surface area contributed by atoms with Crippen LogP contribution in [0, 0.1) is 5.41 Å². The van der Waals surface area contributed by atoms with Crippen molar-refractivity contribution in [2.75, 3.05) is 40.3 Å². The highest BCUT2D eigenvalue weighted by Crippen LogP contribution is 2.30. The van der Waals surface area contributed by atoms with Gasteiger partial charge in [-0.05, 0) is 33.9 Å². The molecule has 0 unspecified atom stereocenters. The number of likely N-dealkylation sites (tertiary alicyclic amines) is 1. The van der Waals surface area contributed by atoms with Crippen molar-refractivity contribution in [3.63, 3.8) is 0 Å². The molecule has 0 aromatic carbocycles. The summed E-state index contributed by atoms with van der Waals surface area (Å²) in [7, 11) is 4.00. The minimum Gasteiger partial charge on any atom is -0.396 e. The summed E-state index contributed by atoms with van der Waals surface area (Å²) in [5.41, 5.74) is 0.783. The van der Waals surface area contributed by atoms with E-state index in [1.165, 1.54) is 0 Å². The van der Waals surface area contributed by atoms with Crippen LogP contribution in [0.5, 0.6) is 0 Å². The van der Waals surface area contributed by atoms with E-state index < -0.39 is 0 Å². The van der Waals surface area contributed by atoms with Crippen molar-refractivity contribution < 1.29 is 9.90 Å². The van der Waals surface area contributed by atoms with Crippen LogP contribution in [0.4, 0.5) is 4.79 Å². The minimum atomic E-state index is -0.216. The Morgan fingerprint density at radius 1 is 1.52 bits per heavy atom. The lowest BCUT2D eigenvalue weighted by Gasteiger charge is -2.43. The molecule has 7 nitrogen and oxygen atoms in total. The van der Waals surface area contributed by atoms with E-state index in [-0.39, 0.29) is 18.1 Å². The molecule has 1 aliphatic rings. The Balaban J connectivity index is 1.90. The van der Waals surface area contributed by atoms with E-state index in [1.807, 2.05) is 36.8 Å². The van der Waals surface area contributed by atoms with Gasteiger partial charge in [0, 0.05) is 49.9 Å². The third-order valence-electron chi connectivity index (χ3n) is 4.39. The maximum absolute atomic E-state index is 12.4. The molecule has 1 atom stereocenters. The molecule has 1 aromatic rings. The molecule has 0 bridgehead atoms. The number of aliphatic hydroxyl groups excluding tert-OH is 1. The molecular weight excluding hydrogens is 294 g/mol. The number of amides is 2. The Morgan fingerprint density at radius 3 is 2.91 bits per heavy atom. The third kappa shape index (κ3) is 4.68. The molecule has 7 heteroatoms. The predicted octanol–water partition coefficient (Wildman–Crippen LogP) is 0.749. The standard InChI is InChI=1S/C16H29N5O2/c1-4-21-10-14(9-18-21)8-17-15(23)20-7-5-6-16(12-20,13-22)11-19(2)3/h9-10,22H,4-8,11-13H2,1-3H3,(H,17,23)/t16-/m1/s1. The van der Waals surface area contributed by atoms with Gasteiger partial charge in [0.05, 0.1) is 12.8 Å². The van der Waals surface area contributed by atoms with E-state index in [1.54, 1.807) is 6.20 Å². The largest absolute Gasteiger partial charge is 0.396 e. The lowest BCUT2D eigenvalue weighted by molar-refractivity contribution is 0.0271. The van der Waals surface area contributed by atoms with Crippen molar-refractivity contribution in [2.45, 2.75) is 32.9 Å². The van der Waals surface area contributed by atoms with E-state index in [0.717, 1.165) is 38.0 Å². The first-order valence-corrected chi connectivity index (χ1v) is 8.28. The van der Waals surface area contributed by atoms with Crippen LogP contribution in [-0.2, 0) is 13.1 Å². The van der Waals surface area contributed by atoms with Crippen molar-refractivity contribution >= 4 is 6.03 Å². The zero-order valence-electron chi connectivity index (χ0n) is 14.5. The average molecular weight is 323 g/mol. The van der Waals surface area contributed by atoms with Gasteiger partial charge < -0.3 is 20.2 Å². The van der Waals surface area contributed by atoms with E-state index in [9.17, 15) is 9.90 Å². The van der Waals surface area contributed by atoms with E-state index in [0.29, 0.717) is 13.1 Å². The summed E-state index contributed by atoms with van der Waals surface area (Å²) in [5, 5.41) is 17.0. The number of rotatable bonds is 6. The summed E-state index contributed by atoms with van der Waals surface area (Å²) in [6, 6.07) is -0.0643. The molecule has 23 heavy (non-hydrogen) atoms. The number of carbonyl (C=O) groups excluding carboxylic acids is 1. The summed E-state index contributed by atoms with van der Waals surface area (Å²) in [5.74, 6) is 0. The number of piperidine rings is 1. The average Bonchev–Trinajstić information content (AvgIpc) is 3.00. The molecule has 2 N–H and O–H groups in total. The highest BCUT2D eigenvalue weighted by Gasteiger charge is 2.37. The SMILES string of the molecule is CCn1cc(CNC(=O)N2CCC[C@@](CO)(CN(C)C)C2)cn1. The summed E-state index contributed by atoms with van der Waals surface area (Å²) >= 11 is 0. The molecule has 2 amide bonds. The highest BCUT2D eigenvalue weighted by molar-refractivity contribution is 5.74. The van der Waals surface area contributed by atoms with Gasteiger partial charge in [-0.3, -0.25) is 4.68 Å². The summed E-state index contributed by atoms with van der Waals surface area (Å²) in [6.45, 7) is 5.58. The number of hydrogen-bond donors (Lipinski definition) is 2. The molecule has 0 saturated carbocycles. The van der Waals surface area contributed by atoms with Crippen molar-refractivity contribution in [1.82, 2.24) is 24.9 Å². The maximum Gasteiger partial charge on any atom is 0.317 e. The summed E-state index contributed by atoms with van der Waals surface area (Å²) in [4.78, 5) is 16.3. The van der Waals surface area contributed by atoms with Crippen LogP contribution in [-0.4, -0.2) is 71.1 Å². The predicted molar refractivity (Wildman–Crippen MR) is 89.0 cm³/mol.